The van der Waals surface area contributed by atoms with Crippen LogP contribution in [0.2, 0.25) is 0 Å². The van der Waals surface area contributed by atoms with Gasteiger partial charge in [0.25, 0.3) is 0 Å². The summed E-state index contributed by atoms with van der Waals surface area (Å²) in [7, 11) is 0. The van der Waals surface area contributed by atoms with E-state index in [0.29, 0.717) is 5.75 Å². The number of likely N-dealkylation sites (tertiary alicyclic amines) is 1. The SMILES string of the molecule is Oc1ccc2c3c(sc2c1)C1=CCCCC1=C3c1ccc(OCCN2CCCC2)cc1. The van der Waals surface area contributed by atoms with E-state index in [1.807, 2.05) is 23.5 Å². The van der Waals surface area contributed by atoms with Gasteiger partial charge < -0.3 is 9.84 Å². The normalized spacial score (nSPS) is 18.4. The van der Waals surface area contributed by atoms with Crippen LogP contribution in [0.3, 0.4) is 0 Å². The smallest absolute Gasteiger partial charge is 0.119 e. The lowest BCUT2D eigenvalue weighted by Crippen LogP contribution is -2.25. The molecule has 3 aromatic rings. The zero-order valence-electron chi connectivity index (χ0n) is 17.7. The largest absolute Gasteiger partial charge is 0.508 e. The molecule has 31 heavy (non-hydrogen) atoms. The highest BCUT2D eigenvalue weighted by molar-refractivity contribution is 7.20. The summed E-state index contributed by atoms with van der Waals surface area (Å²) in [4.78, 5) is 3.85. The first-order chi connectivity index (χ1) is 15.3. The Balaban J connectivity index is 1.33. The molecule has 2 heterocycles. The van der Waals surface area contributed by atoms with Crippen molar-refractivity contribution in [3.8, 4) is 11.5 Å². The number of ether oxygens (including phenoxy) is 1. The van der Waals surface area contributed by atoms with Gasteiger partial charge in [-0.3, -0.25) is 4.90 Å². The van der Waals surface area contributed by atoms with Gasteiger partial charge in [-0.05, 0) is 97.8 Å². The number of benzene rings is 2. The number of fused-ring (bicyclic) bond motifs is 5. The maximum Gasteiger partial charge on any atom is 0.119 e. The van der Waals surface area contributed by atoms with Crippen molar-refractivity contribution in [2.45, 2.75) is 32.1 Å². The molecule has 0 unspecified atom stereocenters. The van der Waals surface area contributed by atoms with Gasteiger partial charge in [-0.2, -0.15) is 0 Å². The Morgan fingerprint density at radius 3 is 2.68 bits per heavy atom. The molecule has 6 rings (SSSR count). The first kappa shape index (κ1) is 19.1. The summed E-state index contributed by atoms with van der Waals surface area (Å²) < 4.78 is 7.20. The Labute approximate surface area is 187 Å². The predicted molar refractivity (Wildman–Crippen MR) is 129 cm³/mol. The van der Waals surface area contributed by atoms with Crippen LogP contribution in [0.15, 0.2) is 54.1 Å². The molecule has 1 N–H and O–H groups in total. The number of rotatable bonds is 5. The van der Waals surface area contributed by atoms with Crippen molar-refractivity contribution < 1.29 is 9.84 Å². The molecule has 1 saturated heterocycles. The van der Waals surface area contributed by atoms with Crippen molar-refractivity contribution in [3.63, 3.8) is 0 Å². The van der Waals surface area contributed by atoms with Gasteiger partial charge in [0.15, 0.2) is 0 Å². The Morgan fingerprint density at radius 2 is 1.84 bits per heavy atom. The van der Waals surface area contributed by atoms with Crippen LogP contribution in [0.5, 0.6) is 11.5 Å². The summed E-state index contributed by atoms with van der Waals surface area (Å²) in [5, 5.41) is 11.2. The van der Waals surface area contributed by atoms with Gasteiger partial charge in [-0.1, -0.05) is 18.2 Å². The Hall–Kier alpha value is -2.56. The van der Waals surface area contributed by atoms with Crippen molar-refractivity contribution in [1.29, 1.82) is 0 Å². The Kier molecular flexibility index (Phi) is 4.85. The van der Waals surface area contributed by atoms with E-state index in [4.69, 9.17) is 4.74 Å². The number of hydrogen-bond acceptors (Lipinski definition) is 4. The molecule has 1 aliphatic heterocycles. The molecule has 158 valence electrons. The summed E-state index contributed by atoms with van der Waals surface area (Å²) in [6, 6.07) is 14.5. The van der Waals surface area contributed by atoms with Gasteiger partial charge in [0, 0.05) is 27.1 Å². The molecule has 3 nitrogen and oxygen atoms in total. The summed E-state index contributed by atoms with van der Waals surface area (Å²) in [5.41, 5.74) is 6.90. The van der Waals surface area contributed by atoms with Crippen LogP contribution in [0, 0.1) is 0 Å². The molecular formula is C27H27NO2S. The van der Waals surface area contributed by atoms with E-state index in [1.165, 1.54) is 70.5 Å². The topological polar surface area (TPSA) is 32.7 Å². The molecule has 0 saturated carbocycles. The van der Waals surface area contributed by atoms with E-state index < -0.39 is 0 Å². The molecule has 2 aliphatic carbocycles. The number of hydrogen-bond donors (Lipinski definition) is 1. The minimum atomic E-state index is 0.339. The van der Waals surface area contributed by atoms with Crippen molar-refractivity contribution >= 4 is 32.6 Å². The third kappa shape index (κ3) is 3.38. The van der Waals surface area contributed by atoms with Crippen LogP contribution in [-0.2, 0) is 0 Å². The number of aromatic hydroxyl groups is 1. The average molecular weight is 430 g/mol. The maximum absolute atomic E-state index is 9.97. The molecule has 0 radical (unpaired) electrons. The molecule has 1 fully saturated rings. The highest BCUT2D eigenvalue weighted by Crippen LogP contribution is 2.54. The van der Waals surface area contributed by atoms with E-state index >= 15 is 0 Å². The van der Waals surface area contributed by atoms with Crippen LogP contribution in [0.1, 0.15) is 48.1 Å². The van der Waals surface area contributed by atoms with Crippen molar-refractivity contribution in [2.75, 3.05) is 26.2 Å². The van der Waals surface area contributed by atoms with Crippen LogP contribution in [-0.4, -0.2) is 36.2 Å². The number of allylic oxidation sites excluding steroid dienone is 3. The number of phenolic OH excluding ortho intramolecular Hbond substituents is 1. The van der Waals surface area contributed by atoms with Gasteiger partial charge in [-0.15, -0.1) is 11.3 Å². The van der Waals surface area contributed by atoms with E-state index in [9.17, 15) is 5.11 Å². The fraction of sp³-hybridized carbons (Fsp3) is 0.333. The van der Waals surface area contributed by atoms with E-state index in [0.717, 1.165) is 36.4 Å². The maximum atomic E-state index is 9.97. The molecule has 0 atom stereocenters. The molecule has 1 aromatic heterocycles. The fourth-order valence-electron chi connectivity index (χ4n) is 5.28. The third-order valence-electron chi connectivity index (χ3n) is 6.79. The average Bonchev–Trinajstić information content (AvgIpc) is 3.50. The van der Waals surface area contributed by atoms with Crippen molar-refractivity contribution in [3.05, 3.63) is 70.1 Å². The summed E-state index contributed by atoms with van der Waals surface area (Å²) >= 11 is 1.81. The second kappa shape index (κ2) is 7.85. The summed E-state index contributed by atoms with van der Waals surface area (Å²) in [5.74, 6) is 1.29. The standard InChI is InChI=1S/C27H27NO2S/c29-19-9-12-23-24(17-19)31-27-22-6-2-1-5-21(22)25(26(23)27)18-7-10-20(11-8-18)30-16-15-28-13-3-4-14-28/h6-12,17,29H,1-5,13-16H2. The van der Waals surface area contributed by atoms with Gasteiger partial charge in [0.1, 0.15) is 18.1 Å². The first-order valence-electron chi connectivity index (χ1n) is 11.4. The zero-order valence-corrected chi connectivity index (χ0v) is 18.5. The second-order valence-electron chi connectivity index (χ2n) is 8.77. The summed E-state index contributed by atoms with van der Waals surface area (Å²) in [6.07, 6.45) is 8.55. The minimum absolute atomic E-state index is 0.339. The zero-order chi connectivity index (χ0) is 20.8. The lowest BCUT2D eigenvalue weighted by Gasteiger charge is -2.16. The van der Waals surface area contributed by atoms with Gasteiger partial charge in [0.05, 0.1) is 0 Å². The number of phenols is 1. The van der Waals surface area contributed by atoms with Crippen LogP contribution in [0.4, 0.5) is 0 Å². The minimum Gasteiger partial charge on any atom is -0.508 e. The monoisotopic (exact) mass is 429 g/mol. The third-order valence-corrected chi connectivity index (χ3v) is 7.98. The van der Waals surface area contributed by atoms with E-state index in [2.05, 4.69) is 41.3 Å². The molecular weight excluding hydrogens is 402 g/mol. The predicted octanol–water partition coefficient (Wildman–Crippen LogP) is 6.46. The van der Waals surface area contributed by atoms with Gasteiger partial charge in [-0.25, -0.2) is 0 Å². The van der Waals surface area contributed by atoms with Gasteiger partial charge in [0.2, 0.25) is 0 Å². The number of nitrogens with zero attached hydrogens (tertiary/aromatic N) is 1. The number of thiophene rings is 1. The Morgan fingerprint density at radius 1 is 1.00 bits per heavy atom. The first-order valence-corrected chi connectivity index (χ1v) is 12.2. The quantitative estimate of drug-likeness (QED) is 0.505. The van der Waals surface area contributed by atoms with Crippen LogP contribution >= 0.6 is 11.3 Å². The highest BCUT2D eigenvalue weighted by atomic mass is 32.1. The van der Waals surface area contributed by atoms with E-state index in [1.54, 1.807) is 0 Å². The lowest BCUT2D eigenvalue weighted by molar-refractivity contribution is 0.238. The van der Waals surface area contributed by atoms with E-state index in [-0.39, 0.29) is 0 Å². The highest BCUT2D eigenvalue weighted by Gasteiger charge is 2.32. The van der Waals surface area contributed by atoms with Crippen LogP contribution in [0.25, 0.3) is 21.2 Å². The van der Waals surface area contributed by atoms with Gasteiger partial charge >= 0.3 is 0 Å². The summed E-state index contributed by atoms with van der Waals surface area (Å²) in [6.45, 7) is 4.19. The van der Waals surface area contributed by atoms with Crippen LogP contribution < -0.4 is 4.74 Å². The lowest BCUT2D eigenvalue weighted by atomic mass is 9.91. The van der Waals surface area contributed by atoms with Crippen molar-refractivity contribution in [2.24, 2.45) is 0 Å². The molecule has 2 aromatic carbocycles. The molecule has 4 heteroatoms. The second-order valence-corrected chi connectivity index (χ2v) is 9.82. The molecule has 0 amide bonds. The Bertz CT molecular complexity index is 1200. The molecule has 0 spiro atoms. The molecule has 3 aliphatic rings. The van der Waals surface area contributed by atoms with Crippen molar-refractivity contribution in [1.82, 2.24) is 4.90 Å². The molecule has 0 bridgehead atoms. The fourth-order valence-corrected chi connectivity index (χ4v) is 6.59.